The van der Waals surface area contributed by atoms with Crippen molar-refractivity contribution in [2.24, 2.45) is 0 Å². The predicted molar refractivity (Wildman–Crippen MR) is 64.6 cm³/mol. The zero-order chi connectivity index (χ0) is 14.2. The van der Waals surface area contributed by atoms with Crippen LogP contribution in [-0.2, 0) is 4.79 Å². The van der Waals surface area contributed by atoms with Gasteiger partial charge in [-0.15, -0.1) is 0 Å². The Bertz CT molecular complexity index is 701. The standard InChI is InChI=1S/C12H10N2O5/c1-5(15)11(16)6-3-13-9-8(6)7(19-2)4-14-10(9)12(17)18/h3-4,13H,1-2H3,(H,17,18). The molecular formula is C12H10N2O5. The lowest BCUT2D eigenvalue weighted by molar-refractivity contribution is -0.113. The molecule has 7 nitrogen and oxygen atoms in total. The van der Waals surface area contributed by atoms with E-state index in [9.17, 15) is 14.4 Å². The van der Waals surface area contributed by atoms with Gasteiger partial charge in [0.25, 0.3) is 0 Å². The fourth-order valence-electron chi connectivity index (χ4n) is 1.80. The number of carbonyl (C=O) groups is 3. The van der Waals surface area contributed by atoms with Gasteiger partial charge in [0.15, 0.2) is 11.5 Å². The summed E-state index contributed by atoms with van der Waals surface area (Å²) in [5.74, 6) is -2.37. The Balaban J connectivity index is 2.82. The Morgan fingerprint density at radius 2 is 2.05 bits per heavy atom. The van der Waals surface area contributed by atoms with E-state index in [2.05, 4.69) is 9.97 Å². The van der Waals surface area contributed by atoms with Crippen LogP contribution in [0.1, 0.15) is 27.8 Å². The Kier molecular flexibility index (Phi) is 3.04. The maximum absolute atomic E-state index is 11.8. The second-order valence-electron chi connectivity index (χ2n) is 3.82. The van der Waals surface area contributed by atoms with Gasteiger partial charge < -0.3 is 14.8 Å². The fraction of sp³-hybridized carbons (Fsp3) is 0.167. The minimum Gasteiger partial charge on any atom is -0.494 e. The SMILES string of the molecule is COc1cnc(C(=O)O)c2[nH]cc(C(=O)C(C)=O)c12. The van der Waals surface area contributed by atoms with Gasteiger partial charge in [0.1, 0.15) is 5.75 Å². The Hall–Kier alpha value is -2.70. The summed E-state index contributed by atoms with van der Waals surface area (Å²) in [6, 6.07) is 0. The molecule has 0 aliphatic carbocycles. The van der Waals surface area contributed by atoms with Gasteiger partial charge in [-0.3, -0.25) is 9.59 Å². The van der Waals surface area contributed by atoms with E-state index in [1.54, 1.807) is 0 Å². The Morgan fingerprint density at radius 1 is 1.37 bits per heavy atom. The summed E-state index contributed by atoms with van der Waals surface area (Å²) in [5.41, 5.74) is -0.0147. The molecule has 0 radical (unpaired) electrons. The third kappa shape index (κ3) is 1.95. The predicted octanol–water partition coefficient (Wildman–Crippen LogP) is 1.04. The van der Waals surface area contributed by atoms with Crippen molar-refractivity contribution in [3.8, 4) is 5.75 Å². The number of hydrogen-bond donors (Lipinski definition) is 2. The zero-order valence-corrected chi connectivity index (χ0v) is 10.2. The number of ketones is 2. The molecule has 98 valence electrons. The Morgan fingerprint density at radius 3 is 2.58 bits per heavy atom. The molecule has 0 fully saturated rings. The minimum atomic E-state index is -1.24. The van der Waals surface area contributed by atoms with E-state index >= 15 is 0 Å². The van der Waals surface area contributed by atoms with Gasteiger partial charge >= 0.3 is 5.97 Å². The number of rotatable bonds is 4. The molecule has 2 heterocycles. The Labute approximate surface area is 107 Å². The first-order valence-corrected chi connectivity index (χ1v) is 5.30. The number of H-pyrrole nitrogens is 1. The second-order valence-corrected chi connectivity index (χ2v) is 3.82. The molecule has 2 N–H and O–H groups in total. The van der Waals surface area contributed by atoms with Gasteiger partial charge in [0, 0.05) is 13.1 Å². The molecule has 0 atom stereocenters. The van der Waals surface area contributed by atoms with Gasteiger partial charge in [-0.2, -0.15) is 0 Å². The second kappa shape index (κ2) is 4.52. The van der Waals surface area contributed by atoms with Crippen LogP contribution in [0.5, 0.6) is 5.75 Å². The number of hydrogen-bond acceptors (Lipinski definition) is 5. The normalized spacial score (nSPS) is 10.4. The van der Waals surface area contributed by atoms with Crippen LogP contribution >= 0.6 is 0 Å². The number of aromatic amines is 1. The van der Waals surface area contributed by atoms with Gasteiger partial charge in [-0.1, -0.05) is 0 Å². The molecule has 0 saturated heterocycles. The average molecular weight is 262 g/mol. The number of fused-ring (bicyclic) bond motifs is 1. The molecule has 0 bridgehead atoms. The summed E-state index contributed by atoms with van der Waals surface area (Å²) in [6.07, 6.45) is 2.49. The maximum Gasteiger partial charge on any atom is 0.356 e. The summed E-state index contributed by atoms with van der Waals surface area (Å²) in [4.78, 5) is 40.4. The van der Waals surface area contributed by atoms with Gasteiger partial charge in [-0.25, -0.2) is 9.78 Å². The molecule has 0 aliphatic rings. The van der Waals surface area contributed by atoms with E-state index in [-0.39, 0.29) is 27.9 Å². The summed E-state index contributed by atoms with van der Waals surface area (Å²) in [5, 5.41) is 9.27. The van der Waals surface area contributed by atoms with Gasteiger partial charge in [0.2, 0.25) is 5.78 Å². The quantitative estimate of drug-likeness (QED) is 0.629. The average Bonchev–Trinajstić information content (AvgIpc) is 2.80. The number of nitrogens with one attached hydrogen (secondary N) is 1. The smallest absolute Gasteiger partial charge is 0.356 e. The highest BCUT2D eigenvalue weighted by molar-refractivity contribution is 6.45. The number of ether oxygens (including phenoxy) is 1. The van der Waals surface area contributed by atoms with Crippen LogP contribution in [0.25, 0.3) is 10.9 Å². The molecule has 7 heteroatoms. The first kappa shape index (κ1) is 12.7. The molecule has 0 amide bonds. The van der Waals surface area contributed by atoms with Crippen LogP contribution in [0.4, 0.5) is 0 Å². The van der Waals surface area contributed by atoms with E-state index in [4.69, 9.17) is 9.84 Å². The number of Topliss-reactive ketones (excluding diaryl/α,β-unsaturated/α-hetero) is 2. The van der Waals surface area contributed by atoms with E-state index in [0.717, 1.165) is 6.92 Å². The number of carbonyl (C=O) groups excluding carboxylic acids is 2. The van der Waals surface area contributed by atoms with Crippen molar-refractivity contribution in [3.05, 3.63) is 23.7 Å². The van der Waals surface area contributed by atoms with Gasteiger partial charge in [0.05, 0.1) is 29.8 Å². The highest BCUT2D eigenvalue weighted by Crippen LogP contribution is 2.30. The number of carboxylic acids is 1. The summed E-state index contributed by atoms with van der Waals surface area (Å²) in [6.45, 7) is 1.15. The molecule has 19 heavy (non-hydrogen) atoms. The third-order valence-corrected chi connectivity index (χ3v) is 2.66. The van der Waals surface area contributed by atoms with E-state index in [0.29, 0.717) is 0 Å². The number of aromatic nitrogens is 2. The molecule has 0 aliphatic heterocycles. The van der Waals surface area contributed by atoms with Crippen molar-refractivity contribution in [3.63, 3.8) is 0 Å². The number of carboxylic acid groups (broad SMARTS) is 1. The monoisotopic (exact) mass is 262 g/mol. The largest absolute Gasteiger partial charge is 0.494 e. The third-order valence-electron chi connectivity index (χ3n) is 2.66. The molecule has 0 saturated carbocycles. The maximum atomic E-state index is 11.8. The summed E-state index contributed by atoms with van der Waals surface area (Å²) < 4.78 is 5.05. The van der Waals surface area contributed by atoms with Crippen LogP contribution in [-0.4, -0.2) is 39.7 Å². The molecule has 0 unspecified atom stereocenters. The topological polar surface area (TPSA) is 109 Å². The van der Waals surface area contributed by atoms with Crippen molar-refractivity contribution in [1.82, 2.24) is 9.97 Å². The molecule has 0 spiro atoms. The van der Waals surface area contributed by atoms with Crippen molar-refractivity contribution in [1.29, 1.82) is 0 Å². The van der Waals surface area contributed by atoms with E-state index in [1.165, 1.54) is 19.5 Å². The number of pyridine rings is 1. The summed E-state index contributed by atoms with van der Waals surface area (Å²) >= 11 is 0. The van der Waals surface area contributed by atoms with Crippen molar-refractivity contribution in [2.75, 3.05) is 7.11 Å². The fourth-order valence-corrected chi connectivity index (χ4v) is 1.80. The lowest BCUT2D eigenvalue weighted by Gasteiger charge is -2.04. The van der Waals surface area contributed by atoms with Crippen LogP contribution in [0, 0.1) is 0 Å². The lowest BCUT2D eigenvalue weighted by atomic mass is 10.1. The van der Waals surface area contributed by atoms with Crippen LogP contribution in [0.15, 0.2) is 12.4 Å². The number of methoxy groups -OCH3 is 1. The highest BCUT2D eigenvalue weighted by Gasteiger charge is 2.23. The van der Waals surface area contributed by atoms with E-state index in [1.807, 2.05) is 0 Å². The number of nitrogens with zero attached hydrogens (tertiary/aromatic N) is 1. The highest BCUT2D eigenvalue weighted by atomic mass is 16.5. The lowest BCUT2D eigenvalue weighted by Crippen LogP contribution is -2.09. The van der Waals surface area contributed by atoms with Crippen LogP contribution in [0.3, 0.4) is 0 Å². The van der Waals surface area contributed by atoms with Crippen molar-refractivity contribution in [2.45, 2.75) is 6.92 Å². The first-order chi connectivity index (χ1) is 8.97. The number of aromatic carboxylic acids is 1. The van der Waals surface area contributed by atoms with Crippen LogP contribution < -0.4 is 4.74 Å². The first-order valence-electron chi connectivity index (χ1n) is 5.30. The van der Waals surface area contributed by atoms with Crippen molar-refractivity contribution < 1.29 is 24.2 Å². The van der Waals surface area contributed by atoms with Crippen LogP contribution in [0.2, 0.25) is 0 Å². The molecule has 2 aromatic heterocycles. The zero-order valence-electron chi connectivity index (χ0n) is 10.2. The van der Waals surface area contributed by atoms with Crippen molar-refractivity contribution >= 4 is 28.4 Å². The van der Waals surface area contributed by atoms with E-state index < -0.39 is 17.5 Å². The molecule has 0 aromatic carbocycles. The van der Waals surface area contributed by atoms with Gasteiger partial charge in [-0.05, 0) is 0 Å². The summed E-state index contributed by atoms with van der Waals surface area (Å²) in [7, 11) is 1.37. The minimum absolute atomic E-state index is 0.0734. The molecular weight excluding hydrogens is 252 g/mol. The molecule has 2 aromatic rings. The molecule has 2 rings (SSSR count).